The molecule has 0 saturated heterocycles. The average Bonchev–Trinajstić information content (AvgIpc) is 1.51. The van der Waals surface area contributed by atoms with E-state index in [4.69, 9.17) is 98.0 Å². The van der Waals surface area contributed by atoms with Gasteiger partial charge in [-0.3, -0.25) is 0 Å². The van der Waals surface area contributed by atoms with E-state index in [0.717, 1.165) is 69.8 Å². The Morgan fingerprint density at radius 1 is 0.336 bits per heavy atom. The lowest BCUT2D eigenvalue weighted by atomic mass is 9.68. The molecule has 20 aromatic rings. The van der Waals surface area contributed by atoms with E-state index in [1.54, 1.807) is 166 Å². The Morgan fingerprint density at radius 2 is 0.714 bits per heavy atom. The first-order chi connectivity index (χ1) is 89.3. The summed E-state index contributed by atoms with van der Waals surface area (Å²) in [4.78, 5) is 4.71. The van der Waals surface area contributed by atoms with Gasteiger partial charge in [-0.2, -0.15) is 0 Å². The molecule has 140 heavy (non-hydrogen) atoms. The molecular formula is C131H135N5O4+4. The zero-order chi connectivity index (χ0) is 146. The third kappa shape index (κ3) is 13.8. The predicted molar refractivity (Wildman–Crippen MR) is 582 cm³/mol. The van der Waals surface area contributed by atoms with Crippen LogP contribution in [0.2, 0.25) is 0 Å². The Balaban J connectivity index is 0.000000145. The number of hydrogen-bond acceptors (Lipinski definition) is 5. The monoisotopic (exact) mass is 1900 g/mol. The first kappa shape index (κ1) is 48.5. The molecule has 4 aliphatic rings. The van der Waals surface area contributed by atoms with Crippen LogP contribution in [0, 0.1) is 54.1 Å². The van der Waals surface area contributed by atoms with Crippen molar-refractivity contribution in [2.24, 2.45) is 34.1 Å². The summed E-state index contributed by atoms with van der Waals surface area (Å²) in [5.41, 5.74) is 7.23. The van der Waals surface area contributed by atoms with Crippen molar-refractivity contribution in [3.63, 3.8) is 0 Å². The van der Waals surface area contributed by atoms with Crippen molar-refractivity contribution in [2.45, 2.75) is 229 Å². The van der Waals surface area contributed by atoms with Gasteiger partial charge in [0.05, 0.1) is 27.6 Å². The molecule has 9 aromatic heterocycles. The van der Waals surface area contributed by atoms with Crippen LogP contribution in [-0.4, -0.2) is 4.98 Å². The number of benzene rings is 11. The topological polar surface area (TPSA) is 81.0 Å². The second-order valence-electron chi connectivity index (χ2n) is 37.7. The first-order valence-corrected chi connectivity index (χ1v) is 45.7. The molecule has 11 aromatic carbocycles. The molecule has 2 unspecified atom stereocenters. The van der Waals surface area contributed by atoms with Crippen molar-refractivity contribution in [1.29, 1.82) is 0 Å². The molecule has 9 heteroatoms. The predicted octanol–water partition coefficient (Wildman–Crippen LogP) is 33.4. The maximum atomic E-state index is 9.42. The Labute approximate surface area is 905 Å². The second-order valence-corrected chi connectivity index (χ2v) is 37.7. The molecule has 0 N–H and O–H groups in total. The number of aryl methyl sites for hydroxylation is 11. The molecule has 9 nitrogen and oxygen atoms in total. The van der Waals surface area contributed by atoms with E-state index in [2.05, 4.69) is 26.0 Å². The van der Waals surface area contributed by atoms with Crippen molar-refractivity contribution < 1.29 is 113 Å². The van der Waals surface area contributed by atoms with Crippen LogP contribution >= 0.6 is 0 Å². The van der Waals surface area contributed by atoms with Crippen LogP contribution < -0.4 is 18.3 Å². The van der Waals surface area contributed by atoms with Crippen molar-refractivity contribution in [3.05, 3.63) is 349 Å². The first-order valence-electron chi connectivity index (χ1n) is 73.7. The molecule has 0 saturated carbocycles. The van der Waals surface area contributed by atoms with E-state index in [1.165, 1.54) is 71.6 Å². The lowest BCUT2D eigenvalue weighted by molar-refractivity contribution is -0.660. The van der Waals surface area contributed by atoms with Gasteiger partial charge in [0.25, 0.3) is 0 Å². The van der Waals surface area contributed by atoms with E-state index in [0.29, 0.717) is 149 Å². The Bertz CT molecular complexity index is 11000. The van der Waals surface area contributed by atoms with Gasteiger partial charge in [0.2, 0.25) is 28.5 Å². The lowest BCUT2D eigenvalue weighted by Crippen LogP contribution is -2.32. The van der Waals surface area contributed by atoms with Gasteiger partial charge in [-0.15, -0.1) is 0 Å². The molecule has 24 rings (SSSR count). The summed E-state index contributed by atoms with van der Waals surface area (Å²) in [6.45, 7) is -39.7. The molecule has 4 aliphatic carbocycles. The molecule has 9 heterocycles. The van der Waals surface area contributed by atoms with Gasteiger partial charge in [-0.1, -0.05) is 299 Å². The van der Waals surface area contributed by atoms with Crippen molar-refractivity contribution in [1.82, 2.24) is 4.98 Å². The quantitative estimate of drug-likeness (QED) is 0.114. The lowest BCUT2D eigenvalue weighted by Gasteiger charge is -2.35. The third-order valence-electron chi connectivity index (χ3n) is 29.4. The van der Waals surface area contributed by atoms with Crippen LogP contribution in [0.3, 0.4) is 0 Å². The smallest absolute Gasteiger partial charge is 0.227 e. The van der Waals surface area contributed by atoms with Crippen molar-refractivity contribution in [2.75, 3.05) is 0 Å². The van der Waals surface area contributed by atoms with Gasteiger partial charge in [0.1, 0.15) is 61.7 Å². The number of aromatic nitrogens is 5. The van der Waals surface area contributed by atoms with Crippen LogP contribution in [0.4, 0.5) is 0 Å². The van der Waals surface area contributed by atoms with Gasteiger partial charge in [-0.05, 0) is 208 Å². The highest BCUT2D eigenvalue weighted by Crippen LogP contribution is 2.61. The van der Waals surface area contributed by atoms with E-state index >= 15 is 0 Å². The van der Waals surface area contributed by atoms with Crippen LogP contribution in [0.5, 0.6) is 0 Å². The summed E-state index contributed by atoms with van der Waals surface area (Å²) in [6, 6.07) is 59.3. The minimum absolute atomic E-state index is 0.0488. The fraction of sp³-hybridized carbons (Fsp3) is 0.305. The highest BCUT2D eigenvalue weighted by Gasteiger charge is 2.48. The standard InChI is InChI=1S/C35H38NO.C34H36NO.C32H32NO.C30H29N2O/c1-9-35(21(4)5)28-13-11-10-12-26(28)32-29(35)17-16-25-24-15-14-22(6)31(33(24)37-34(25)32)30-18-27(20(2)3)23(7)19-36(30)8;1-8-34(9-2)27-13-11-10-12-25(27)31-28(34)17-16-24-23-15-14-21(5)30(32(23)36-33(24)31)29-18-26(20(3)4)22(6)19-35(29)7;1-18(2)24-16-27(33(7)17-20(24)4)28-19(3)12-13-21-22-14-15-26-29(31(22)34-30(21)28)23-10-8-9-11-25(23)32(26,5)6;1-17(2)19-13-14-32(6)24(15-19)25-18(3)11-12-21-26-27-22(16-31-29(26)33-28(21)25)20-9-7-8-10-23(20)30(27,4)5/h10-21H,9H2,1-8H3;10-20H,8-9H2,1-7H3;8-18H,1-7H3;7-17H,1-6H3/q4*+1/i1D3,2D3,3D3,4D3,7D3,20D,21D;1D3,2D3,3D3,4D3,6D3,20D;1D3,2D3,4D3,5D3,6D3,18D;1D3,2D3,17D. The van der Waals surface area contributed by atoms with E-state index < -0.39 is 215 Å². The maximum absolute atomic E-state index is 9.42. The largest absolute Gasteiger partial charge is 0.454 e. The Morgan fingerprint density at radius 3 is 1.17 bits per heavy atom. The fourth-order valence-electron chi connectivity index (χ4n) is 22.4. The van der Waals surface area contributed by atoms with Gasteiger partial charge >= 0.3 is 0 Å². The van der Waals surface area contributed by atoms with Crippen molar-refractivity contribution >= 4 is 87.9 Å². The highest BCUT2D eigenvalue weighted by molar-refractivity contribution is 6.19. The van der Waals surface area contributed by atoms with Gasteiger partial charge in [-0.25, -0.2) is 23.3 Å². The van der Waals surface area contributed by atoms with Crippen molar-refractivity contribution in [3.8, 4) is 89.5 Å². The molecule has 0 radical (unpaired) electrons. The number of pyridine rings is 5. The minimum atomic E-state index is -3.48. The summed E-state index contributed by atoms with van der Waals surface area (Å²) < 4.78 is 496. The van der Waals surface area contributed by atoms with Gasteiger partial charge < -0.3 is 17.7 Å². The maximum Gasteiger partial charge on any atom is 0.227 e. The fourth-order valence-corrected chi connectivity index (χ4v) is 22.4. The molecule has 0 amide bonds. The molecule has 0 bridgehead atoms. The van der Waals surface area contributed by atoms with E-state index in [-0.39, 0.29) is 67.1 Å². The number of furan rings is 4. The summed E-state index contributed by atoms with van der Waals surface area (Å²) in [5.74, 6) is -15.1. The summed E-state index contributed by atoms with van der Waals surface area (Å²) in [5, 5.41) is 5.12. The molecule has 2 atom stereocenters. The van der Waals surface area contributed by atoms with Crippen LogP contribution in [-0.2, 0) is 49.9 Å². The second kappa shape index (κ2) is 34.1. The van der Waals surface area contributed by atoms with E-state index in [1.807, 2.05) is 43.5 Å². The molecule has 0 fully saturated rings. The van der Waals surface area contributed by atoms with Gasteiger partial charge in [0.15, 0.2) is 30.4 Å². The zero-order valence-corrected chi connectivity index (χ0v) is 78.6. The van der Waals surface area contributed by atoms with Crippen LogP contribution in [0.25, 0.3) is 177 Å². The molecular weight excluding hydrogens is 1710 g/mol. The number of hydrogen-bond donors (Lipinski definition) is 0. The van der Waals surface area contributed by atoms with Gasteiger partial charge in [0, 0.05) is 212 Å². The van der Waals surface area contributed by atoms with E-state index in [9.17, 15) is 1.37 Å². The number of nitrogens with zero attached hydrogens (tertiary/aromatic N) is 5. The molecule has 704 valence electrons. The number of fused-ring (bicyclic) bond motifs is 28. The zero-order valence-electron chi connectivity index (χ0n) is 135. The Kier molecular flexibility index (Phi) is 11.8. The summed E-state index contributed by atoms with van der Waals surface area (Å²) in [6.07, 6.45) is 5.28. The Hall–Kier alpha value is -13.6. The highest BCUT2D eigenvalue weighted by atomic mass is 16.3. The summed E-state index contributed by atoms with van der Waals surface area (Å²) in [7, 11) is 6.33. The summed E-state index contributed by atoms with van der Waals surface area (Å²) >= 11 is 0. The minimum Gasteiger partial charge on any atom is -0.454 e. The molecule has 0 aliphatic heterocycles. The van der Waals surface area contributed by atoms with Crippen LogP contribution in [0.1, 0.15) is 342 Å². The third-order valence-corrected chi connectivity index (χ3v) is 29.4. The average molecular weight is 1900 g/mol. The number of rotatable bonds is 12. The SMILES string of the molecule is [2H]C([2H])([2H])C([2H])(c1cc[n+](C)c(-c2c(C)ccc3c2oc2ncc4c(c23)C(C)(C)c2ccccc2-4)c1)C([2H])([2H])[2H].[2H]C([2H])([2H])CC1(C([2H])(C)C([2H])([2H])[2H])c2ccccc2-c2c1ccc1c2oc2c(-c3cc(C([2H])(C([2H])([2H])[2H])C([2H])([2H])[2H])c(C([2H])([2H])[2H])c[n+]3C)c(C)ccc21.[2H]C([2H])([2H])CC1(CC([2H])([2H])[2H])c2ccccc2-c2c1ccc1c2oc2c(-c3cc(C([2H])(C([2H])([2H])[2H])C([2H])([2H])[2H])c(C([2H])([2H])[2H])c[n+]3C)c(C)ccc21.[2H]C([2H])([2H])c1c[n+](C)c(-c2c(C)ccc3c2oc2c4c(ccc23)C(C([2H])([2H])[2H])(C([2H])([2H])[2H])c2ccccc2-4)cc1C([2H])(C([2H])([2H])[2H])C([2H])([2H])[2H]. The molecule has 0 spiro atoms. The van der Waals surface area contributed by atoms with Crippen LogP contribution in [0.15, 0.2) is 261 Å². The normalized spacial score (nSPS) is 23.1.